The molecule has 1 aromatic carbocycles. The fourth-order valence-corrected chi connectivity index (χ4v) is 5.89. The Kier molecular flexibility index (Phi) is 6.57. The van der Waals surface area contributed by atoms with Crippen LogP contribution in [0.4, 0.5) is 0 Å². The number of hydrogen-bond donors (Lipinski definition) is 1. The van der Waals surface area contributed by atoms with E-state index in [-0.39, 0.29) is 26.5 Å². The molecule has 3 rings (SSSR count). The van der Waals surface area contributed by atoms with E-state index in [1.165, 1.54) is 16.4 Å². The molecule has 1 amide bonds. The standard InChI is InChI=1S/C19H24Cl2N4O3S/c1-12(15-11-24(3)23-13(15)2)22-19(26)14-9-18(17(21)10-16(14)20)29(27,28)25-7-5-4-6-8-25/h9-12H,4-8H2,1-3H3,(H,22,26). The van der Waals surface area contributed by atoms with E-state index in [1.807, 2.05) is 20.0 Å². The number of nitrogens with zero attached hydrogens (tertiary/aromatic N) is 3. The Hall–Kier alpha value is -1.61. The van der Waals surface area contributed by atoms with Crippen molar-refractivity contribution in [1.29, 1.82) is 0 Å². The molecule has 1 unspecified atom stereocenters. The fourth-order valence-electron chi connectivity index (χ4n) is 3.54. The van der Waals surface area contributed by atoms with Crippen molar-refractivity contribution in [3.05, 3.63) is 45.2 Å². The van der Waals surface area contributed by atoms with E-state index in [0.29, 0.717) is 13.1 Å². The van der Waals surface area contributed by atoms with E-state index in [0.717, 1.165) is 30.5 Å². The summed E-state index contributed by atoms with van der Waals surface area (Å²) < 4.78 is 29.2. The van der Waals surface area contributed by atoms with Gasteiger partial charge in [-0.1, -0.05) is 29.6 Å². The van der Waals surface area contributed by atoms with Gasteiger partial charge in [-0.25, -0.2) is 8.42 Å². The molecule has 158 valence electrons. The lowest BCUT2D eigenvalue weighted by molar-refractivity contribution is 0.0939. The number of aryl methyl sites for hydroxylation is 2. The van der Waals surface area contributed by atoms with Crippen LogP contribution < -0.4 is 5.32 Å². The summed E-state index contributed by atoms with van der Waals surface area (Å²) in [7, 11) is -2.00. The minimum Gasteiger partial charge on any atom is -0.345 e. The zero-order valence-electron chi connectivity index (χ0n) is 16.6. The van der Waals surface area contributed by atoms with Gasteiger partial charge in [-0.15, -0.1) is 0 Å². The monoisotopic (exact) mass is 458 g/mol. The van der Waals surface area contributed by atoms with E-state index in [9.17, 15) is 13.2 Å². The molecule has 1 N–H and O–H groups in total. The third kappa shape index (κ3) is 4.60. The maximum atomic E-state index is 13.0. The number of aromatic nitrogens is 2. The van der Waals surface area contributed by atoms with Crippen LogP contribution in [0.5, 0.6) is 0 Å². The summed E-state index contributed by atoms with van der Waals surface area (Å²) in [6.45, 7) is 4.58. The van der Waals surface area contributed by atoms with E-state index in [2.05, 4.69) is 10.4 Å². The van der Waals surface area contributed by atoms with Crippen LogP contribution in [0.3, 0.4) is 0 Å². The van der Waals surface area contributed by atoms with Gasteiger partial charge in [0.1, 0.15) is 4.90 Å². The van der Waals surface area contributed by atoms with Crippen LogP contribution in [0.1, 0.15) is 53.8 Å². The maximum absolute atomic E-state index is 13.0. The summed E-state index contributed by atoms with van der Waals surface area (Å²) in [5.74, 6) is -0.475. The predicted molar refractivity (Wildman–Crippen MR) is 113 cm³/mol. The number of carbonyl (C=O) groups excluding carboxylic acids is 1. The van der Waals surface area contributed by atoms with Gasteiger partial charge < -0.3 is 5.32 Å². The van der Waals surface area contributed by atoms with Crippen LogP contribution in [0.25, 0.3) is 0 Å². The van der Waals surface area contributed by atoms with E-state index in [1.54, 1.807) is 11.7 Å². The first-order valence-electron chi connectivity index (χ1n) is 9.41. The van der Waals surface area contributed by atoms with Crippen molar-refractivity contribution < 1.29 is 13.2 Å². The predicted octanol–water partition coefficient (Wildman–Crippen LogP) is 3.70. The van der Waals surface area contributed by atoms with Gasteiger partial charge >= 0.3 is 0 Å². The fraction of sp³-hybridized carbons (Fsp3) is 0.474. The van der Waals surface area contributed by atoms with Gasteiger partial charge in [0.25, 0.3) is 5.91 Å². The van der Waals surface area contributed by atoms with E-state index < -0.39 is 15.9 Å². The van der Waals surface area contributed by atoms with Gasteiger partial charge in [0.15, 0.2) is 0 Å². The number of benzene rings is 1. The lowest BCUT2D eigenvalue weighted by Crippen LogP contribution is -2.36. The van der Waals surface area contributed by atoms with Crippen LogP contribution in [-0.4, -0.2) is 41.5 Å². The number of piperidine rings is 1. The average molecular weight is 459 g/mol. The van der Waals surface area contributed by atoms with Crippen molar-refractivity contribution in [3.63, 3.8) is 0 Å². The SMILES string of the molecule is Cc1nn(C)cc1C(C)NC(=O)c1cc(S(=O)(=O)N2CCCCC2)c(Cl)cc1Cl. The third-order valence-corrected chi connectivity index (χ3v) is 7.74. The largest absolute Gasteiger partial charge is 0.345 e. The molecule has 0 radical (unpaired) electrons. The first-order chi connectivity index (χ1) is 13.6. The number of hydrogen-bond acceptors (Lipinski definition) is 4. The molecule has 1 aliphatic rings. The Morgan fingerprint density at radius 2 is 1.83 bits per heavy atom. The maximum Gasteiger partial charge on any atom is 0.253 e. The zero-order valence-corrected chi connectivity index (χ0v) is 18.9. The van der Waals surface area contributed by atoms with Crippen LogP contribution in [0.15, 0.2) is 23.2 Å². The van der Waals surface area contributed by atoms with Crippen LogP contribution in [0, 0.1) is 6.92 Å². The Bertz CT molecular complexity index is 1030. The van der Waals surface area contributed by atoms with Gasteiger partial charge in [0.2, 0.25) is 10.0 Å². The summed E-state index contributed by atoms with van der Waals surface area (Å²) in [5, 5.41) is 7.24. The molecule has 1 saturated heterocycles. The summed E-state index contributed by atoms with van der Waals surface area (Å²) in [5.41, 5.74) is 1.74. The summed E-state index contributed by atoms with van der Waals surface area (Å²) in [6, 6.07) is 2.26. The summed E-state index contributed by atoms with van der Waals surface area (Å²) in [4.78, 5) is 12.8. The highest BCUT2D eigenvalue weighted by Crippen LogP contribution is 2.32. The Balaban J connectivity index is 1.90. The smallest absolute Gasteiger partial charge is 0.253 e. The zero-order chi connectivity index (χ0) is 21.3. The first kappa shape index (κ1) is 22.1. The van der Waals surface area contributed by atoms with Crippen molar-refractivity contribution in [2.45, 2.75) is 44.0 Å². The topological polar surface area (TPSA) is 84.3 Å². The van der Waals surface area contributed by atoms with Gasteiger partial charge in [0.05, 0.1) is 27.3 Å². The molecule has 1 aliphatic heterocycles. The van der Waals surface area contributed by atoms with Gasteiger partial charge in [-0.05, 0) is 38.8 Å². The van der Waals surface area contributed by atoms with Gasteiger partial charge in [-0.2, -0.15) is 9.40 Å². The van der Waals surface area contributed by atoms with Crippen molar-refractivity contribution in [1.82, 2.24) is 19.4 Å². The van der Waals surface area contributed by atoms with Crippen LogP contribution in [0.2, 0.25) is 10.0 Å². The second-order valence-electron chi connectivity index (χ2n) is 7.27. The second kappa shape index (κ2) is 8.63. The van der Waals surface area contributed by atoms with Crippen molar-refractivity contribution in [3.8, 4) is 0 Å². The third-order valence-electron chi connectivity index (χ3n) is 5.06. The second-order valence-corrected chi connectivity index (χ2v) is 9.99. The number of halogens is 2. The molecule has 1 aromatic heterocycles. The molecule has 2 heterocycles. The molecule has 29 heavy (non-hydrogen) atoms. The summed E-state index contributed by atoms with van der Waals surface area (Å²) >= 11 is 12.4. The molecule has 0 bridgehead atoms. The normalized spacial score (nSPS) is 16.6. The Morgan fingerprint density at radius 1 is 1.17 bits per heavy atom. The van der Waals surface area contributed by atoms with Gasteiger partial charge in [-0.3, -0.25) is 9.48 Å². The average Bonchev–Trinajstić information content (AvgIpc) is 3.00. The highest BCUT2D eigenvalue weighted by molar-refractivity contribution is 7.89. The number of sulfonamides is 1. The molecule has 0 spiro atoms. The highest BCUT2D eigenvalue weighted by Gasteiger charge is 2.30. The Labute approximate surface area is 181 Å². The molecular formula is C19H24Cl2N4O3S. The number of carbonyl (C=O) groups is 1. The molecule has 1 fully saturated rings. The lowest BCUT2D eigenvalue weighted by atomic mass is 10.1. The minimum absolute atomic E-state index is 0.00766. The van der Waals surface area contributed by atoms with E-state index >= 15 is 0 Å². The molecular weight excluding hydrogens is 435 g/mol. The van der Waals surface area contributed by atoms with Crippen LogP contribution in [-0.2, 0) is 17.1 Å². The van der Waals surface area contributed by atoms with E-state index in [4.69, 9.17) is 23.2 Å². The van der Waals surface area contributed by atoms with Crippen LogP contribution >= 0.6 is 23.2 Å². The number of amides is 1. The molecule has 1 atom stereocenters. The summed E-state index contributed by atoms with van der Waals surface area (Å²) in [6.07, 6.45) is 4.44. The van der Waals surface area contributed by atoms with Crippen molar-refractivity contribution >= 4 is 39.1 Å². The number of rotatable bonds is 5. The lowest BCUT2D eigenvalue weighted by Gasteiger charge is -2.26. The van der Waals surface area contributed by atoms with Gasteiger partial charge in [0, 0.05) is 31.9 Å². The van der Waals surface area contributed by atoms with Crippen molar-refractivity contribution in [2.75, 3.05) is 13.1 Å². The molecule has 0 saturated carbocycles. The molecule has 0 aliphatic carbocycles. The quantitative estimate of drug-likeness (QED) is 0.739. The molecule has 2 aromatic rings. The molecule has 10 heteroatoms. The number of nitrogens with one attached hydrogen (secondary N) is 1. The minimum atomic E-state index is -3.80. The van der Waals surface area contributed by atoms with Crippen molar-refractivity contribution in [2.24, 2.45) is 7.05 Å². The first-order valence-corrected chi connectivity index (χ1v) is 11.6. The highest BCUT2D eigenvalue weighted by atomic mass is 35.5. The Morgan fingerprint density at radius 3 is 2.41 bits per heavy atom. The molecule has 7 nitrogen and oxygen atoms in total.